The predicted octanol–water partition coefficient (Wildman–Crippen LogP) is 8.45. The zero-order chi connectivity index (χ0) is 34.1. The lowest BCUT2D eigenvalue weighted by molar-refractivity contribution is 0.0124. The minimum Gasteiger partial charge on any atom is -0.394 e. The van der Waals surface area contributed by atoms with Gasteiger partial charge >= 0.3 is 7.60 Å². The molecule has 0 saturated heterocycles. The van der Waals surface area contributed by atoms with Gasteiger partial charge in [0, 0.05) is 6.61 Å². The molecular weight excluding hydrogens is 629 g/mol. The molecule has 2 unspecified atom stereocenters. The molecular formula is C36H60N5O6P. The van der Waals surface area contributed by atoms with Crippen molar-refractivity contribution in [3.05, 3.63) is 48.5 Å². The number of nitrogens with zero attached hydrogens (tertiary/aromatic N) is 4. The summed E-state index contributed by atoms with van der Waals surface area (Å²) in [6.07, 6.45) is 23.2. The van der Waals surface area contributed by atoms with Crippen molar-refractivity contribution in [2.75, 3.05) is 38.5 Å². The third kappa shape index (κ3) is 16.3. The van der Waals surface area contributed by atoms with Crippen LogP contribution in [0.5, 0.6) is 0 Å². The number of unbranched alkanes of at least 4 members (excludes halogenated alkanes) is 15. The summed E-state index contributed by atoms with van der Waals surface area (Å²) < 4.78 is 38.6. The molecule has 0 aliphatic carbocycles. The fourth-order valence-electron chi connectivity index (χ4n) is 5.56. The molecule has 0 bridgehead atoms. The minimum atomic E-state index is -3.68. The van der Waals surface area contributed by atoms with Crippen molar-refractivity contribution in [1.82, 2.24) is 19.5 Å². The number of hydrogen-bond donors (Lipinski definition) is 2. The number of aliphatic hydroxyl groups excluding tert-OH is 1. The van der Waals surface area contributed by atoms with Crippen LogP contribution in [-0.4, -0.2) is 63.5 Å². The van der Waals surface area contributed by atoms with Crippen molar-refractivity contribution >= 4 is 24.6 Å². The van der Waals surface area contributed by atoms with E-state index in [-0.39, 0.29) is 38.5 Å². The van der Waals surface area contributed by atoms with Crippen molar-refractivity contribution in [3.63, 3.8) is 0 Å². The van der Waals surface area contributed by atoms with Gasteiger partial charge in [0.05, 0.1) is 45.4 Å². The normalized spacial score (nSPS) is 13.6. The van der Waals surface area contributed by atoms with Crippen LogP contribution in [0.25, 0.3) is 11.2 Å². The first-order chi connectivity index (χ1) is 23.5. The lowest BCUT2D eigenvalue weighted by atomic mass is 10.0. The number of aromatic nitrogens is 4. The molecule has 0 spiro atoms. The summed E-state index contributed by atoms with van der Waals surface area (Å²) in [7, 11) is -3.68. The fourth-order valence-corrected chi connectivity index (χ4v) is 6.88. The quantitative estimate of drug-likeness (QED) is 0.0517. The predicted molar refractivity (Wildman–Crippen MR) is 192 cm³/mol. The van der Waals surface area contributed by atoms with Crippen LogP contribution in [0.4, 0.5) is 5.82 Å². The van der Waals surface area contributed by atoms with Crippen LogP contribution in [0.2, 0.25) is 0 Å². The Morgan fingerprint density at radius 1 is 0.792 bits per heavy atom. The van der Waals surface area contributed by atoms with Gasteiger partial charge in [0.25, 0.3) is 0 Å². The molecule has 3 N–H and O–H groups in total. The smallest absolute Gasteiger partial charge is 0.356 e. The average Bonchev–Trinajstić information content (AvgIpc) is 3.52. The number of nitrogens with two attached hydrogens (primary N) is 1. The van der Waals surface area contributed by atoms with Crippen LogP contribution in [-0.2, 0) is 36.2 Å². The van der Waals surface area contributed by atoms with Gasteiger partial charge in [-0.3, -0.25) is 4.57 Å². The number of anilines is 1. The second-order valence-electron chi connectivity index (χ2n) is 12.5. The maximum Gasteiger partial charge on any atom is 0.356 e. The topological polar surface area (TPSA) is 144 Å². The molecule has 0 aliphatic heterocycles. The van der Waals surface area contributed by atoms with E-state index in [0.717, 1.165) is 18.4 Å². The third-order valence-corrected chi connectivity index (χ3v) is 9.99. The number of benzene rings is 1. The highest BCUT2D eigenvalue weighted by atomic mass is 31.2. The number of ether oxygens (including phenoxy) is 2. The Bertz CT molecular complexity index is 1280. The monoisotopic (exact) mass is 689 g/mol. The van der Waals surface area contributed by atoms with Crippen LogP contribution < -0.4 is 5.73 Å². The molecule has 3 rings (SSSR count). The van der Waals surface area contributed by atoms with E-state index in [1.165, 1.54) is 96.2 Å². The first kappa shape index (κ1) is 40.0. The Labute approximate surface area is 287 Å². The second-order valence-corrected chi connectivity index (χ2v) is 14.5. The van der Waals surface area contributed by atoms with Gasteiger partial charge in [-0.2, -0.15) is 0 Å². The number of rotatable bonds is 30. The van der Waals surface area contributed by atoms with Crippen molar-refractivity contribution < 1.29 is 28.2 Å². The molecule has 1 aromatic carbocycles. The number of fused-ring (bicyclic) bond motifs is 1. The summed E-state index contributed by atoms with van der Waals surface area (Å²) in [5.41, 5.74) is 7.73. The van der Waals surface area contributed by atoms with Gasteiger partial charge < -0.3 is 33.9 Å². The second kappa shape index (κ2) is 24.7. The Morgan fingerprint density at radius 3 is 2.04 bits per heavy atom. The third-order valence-electron chi connectivity index (χ3n) is 8.43. The summed E-state index contributed by atoms with van der Waals surface area (Å²) in [5, 5.41) is 10.00. The largest absolute Gasteiger partial charge is 0.394 e. The van der Waals surface area contributed by atoms with Crippen LogP contribution in [0, 0.1) is 0 Å². The highest BCUT2D eigenvalue weighted by molar-refractivity contribution is 7.53. The summed E-state index contributed by atoms with van der Waals surface area (Å²) in [4.78, 5) is 12.4. The van der Waals surface area contributed by atoms with Gasteiger partial charge in [-0.25, -0.2) is 15.0 Å². The Kier molecular flexibility index (Phi) is 20.6. The van der Waals surface area contributed by atoms with Crippen molar-refractivity contribution in [2.24, 2.45) is 0 Å². The molecule has 48 heavy (non-hydrogen) atoms. The lowest BCUT2D eigenvalue weighted by Gasteiger charge is -2.22. The van der Waals surface area contributed by atoms with Gasteiger partial charge in [-0.05, 0) is 12.0 Å². The van der Waals surface area contributed by atoms with Crippen molar-refractivity contribution in [2.45, 2.75) is 129 Å². The van der Waals surface area contributed by atoms with Crippen LogP contribution in [0.3, 0.4) is 0 Å². The summed E-state index contributed by atoms with van der Waals surface area (Å²) in [6.45, 7) is 3.34. The van der Waals surface area contributed by atoms with Gasteiger partial charge in [-0.15, -0.1) is 0 Å². The van der Waals surface area contributed by atoms with E-state index in [1.807, 2.05) is 30.3 Å². The van der Waals surface area contributed by atoms with Crippen molar-refractivity contribution in [3.8, 4) is 0 Å². The van der Waals surface area contributed by atoms with Crippen LogP contribution in [0.1, 0.15) is 115 Å². The van der Waals surface area contributed by atoms with Crippen LogP contribution in [0.15, 0.2) is 43.0 Å². The number of aliphatic hydroxyl groups is 1. The average molecular weight is 690 g/mol. The number of nitrogen functional groups attached to an aromatic ring is 1. The minimum absolute atomic E-state index is 0.105. The molecule has 0 saturated carbocycles. The molecule has 2 atom stereocenters. The zero-order valence-corrected chi connectivity index (χ0v) is 30.1. The molecule has 11 nitrogen and oxygen atoms in total. The maximum absolute atomic E-state index is 13.7. The molecule has 0 radical (unpaired) electrons. The number of imidazole rings is 1. The standard InChI is InChI=1S/C36H60N5O6P/c1-2-3-4-5-6-7-8-9-10-11-12-13-14-15-16-20-23-44-24-25-46-48(43,47-28-32-21-18-17-19-22-32)31-45-33(27-42)26-41-30-40-34-35(37)38-29-39-36(34)41/h17-19,21-22,29-30,33,42H,2-16,20,23-28,31H2,1H3,(H2,37,38,39). The molecule has 3 aromatic rings. The summed E-state index contributed by atoms with van der Waals surface area (Å²) in [5.74, 6) is 0.268. The van der Waals surface area contributed by atoms with Crippen LogP contribution >= 0.6 is 7.60 Å². The molecule has 0 amide bonds. The SMILES string of the molecule is CCCCCCCCCCCCCCCCCCOCCOP(=O)(COC(CO)Cn1cnc2c(N)ncnc21)OCc1ccccc1. The summed E-state index contributed by atoms with van der Waals surface area (Å²) >= 11 is 0. The Hall–Kier alpha value is -2.40. The van der Waals surface area contributed by atoms with Gasteiger partial charge in [0.1, 0.15) is 18.2 Å². The van der Waals surface area contributed by atoms with Gasteiger partial charge in [-0.1, -0.05) is 134 Å². The first-order valence-corrected chi connectivity index (χ1v) is 19.9. The van der Waals surface area contributed by atoms with E-state index < -0.39 is 13.7 Å². The Balaban J connectivity index is 1.27. The molecule has 2 aromatic heterocycles. The van der Waals surface area contributed by atoms with E-state index >= 15 is 0 Å². The Morgan fingerprint density at radius 2 is 1.42 bits per heavy atom. The summed E-state index contributed by atoms with van der Waals surface area (Å²) in [6, 6.07) is 9.47. The maximum atomic E-state index is 13.7. The van der Waals surface area contributed by atoms with E-state index in [0.29, 0.717) is 24.4 Å². The lowest BCUT2D eigenvalue weighted by Crippen LogP contribution is -2.25. The first-order valence-electron chi connectivity index (χ1n) is 18.2. The van der Waals surface area contributed by atoms with Crippen molar-refractivity contribution in [1.29, 1.82) is 0 Å². The molecule has 0 aliphatic rings. The molecule has 2 heterocycles. The highest BCUT2D eigenvalue weighted by Crippen LogP contribution is 2.49. The van der Waals surface area contributed by atoms with Gasteiger partial charge in [0.2, 0.25) is 0 Å². The zero-order valence-electron chi connectivity index (χ0n) is 29.2. The molecule has 12 heteroatoms. The van der Waals surface area contributed by atoms with E-state index in [9.17, 15) is 9.67 Å². The van der Waals surface area contributed by atoms with E-state index in [1.54, 1.807) is 10.9 Å². The van der Waals surface area contributed by atoms with Gasteiger partial charge in [0.15, 0.2) is 11.5 Å². The molecule has 270 valence electrons. The fraction of sp³-hybridized carbons (Fsp3) is 0.694. The number of hydrogen-bond acceptors (Lipinski definition) is 10. The van der Waals surface area contributed by atoms with E-state index in [4.69, 9.17) is 24.3 Å². The highest BCUT2D eigenvalue weighted by Gasteiger charge is 2.28. The molecule has 0 fully saturated rings. The van der Waals surface area contributed by atoms with E-state index in [2.05, 4.69) is 21.9 Å².